The Morgan fingerprint density at radius 3 is 1.78 bits per heavy atom. The average Bonchev–Trinajstić information content (AvgIpc) is 3.56. The number of esters is 1. The number of aromatic nitrogens is 1. The Balaban J connectivity index is 0.787. The van der Waals surface area contributed by atoms with Crippen molar-refractivity contribution in [2.45, 2.75) is 247 Å². The van der Waals surface area contributed by atoms with Gasteiger partial charge in [0.25, 0.3) is 0 Å². The molecule has 7 fully saturated rings. The lowest BCUT2D eigenvalue weighted by Gasteiger charge is -2.67. The molecule has 3 saturated carbocycles. The maximum Gasteiger partial charge on any atom is 0.339 e. The molecule has 72 heavy (non-hydrogen) atoms. The second-order valence-corrected chi connectivity index (χ2v) is 22.5. The molecule has 0 aromatic carbocycles. The van der Waals surface area contributed by atoms with E-state index in [1.807, 2.05) is 13.0 Å². The standard InChI is InChI=1S/C52H77NO19/c1-25-43(58)36(63-8)22-42(64-25)72-46-28(4)67-41(21-35(46)57)71-45-27(3)66-40(20-34(45)56)70-44-26(2)65-39(19-33(44)55)68-32-12-13-48(6)31(18-32)11-14-51(61)37(48)23-38(69-47(59)30-10-9-17-53-24-30)49(7)50(60,29(5)54)15-16-52(49,51)62/h9-11,17,24-28,32-46,55-58,60-62H,12-16,18-23H2,1-8H3. The summed E-state index contributed by atoms with van der Waals surface area (Å²) in [5.41, 5.74) is -7.08. The molecule has 1 aromatic heterocycles. The molecule has 7 N–H and O–H groups in total. The van der Waals surface area contributed by atoms with E-state index in [1.54, 1.807) is 46.8 Å². The SMILES string of the molecule is COC1CC(OC2C(O)CC(OC3C(O)CC(OC4C(O)CC(OC5CCC6(C)C(=CCC7(O)C6CC(OC(=O)c6cccnc6)C6(C)C(O)(C(C)=O)CCC76O)C5)OC4C)OC3C)OC2C)OC(C)C1O. The number of carbonyl (C=O) groups excluding carboxylic acids is 2. The number of fused-ring (bicyclic) bond motifs is 5. The summed E-state index contributed by atoms with van der Waals surface area (Å²) in [5.74, 6) is -1.91. The molecule has 20 nitrogen and oxygen atoms in total. The number of hydrogen-bond acceptors (Lipinski definition) is 20. The largest absolute Gasteiger partial charge is 0.458 e. The predicted molar refractivity (Wildman–Crippen MR) is 249 cm³/mol. The maximum atomic E-state index is 13.6. The van der Waals surface area contributed by atoms with Crippen LogP contribution in [0.4, 0.5) is 0 Å². The van der Waals surface area contributed by atoms with E-state index < -0.39 is 150 Å². The minimum Gasteiger partial charge on any atom is -0.458 e. The van der Waals surface area contributed by atoms with Crippen LogP contribution in [-0.4, -0.2) is 187 Å². The van der Waals surface area contributed by atoms with Crippen LogP contribution >= 0.6 is 0 Å². The van der Waals surface area contributed by atoms with Gasteiger partial charge in [0.2, 0.25) is 0 Å². The molecule has 4 aliphatic carbocycles. The molecule has 20 heteroatoms. The van der Waals surface area contributed by atoms with Crippen molar-refractivity contribution in [2.75, 3.05) is 7.11 Å². The van der Waals surface area contributed by atoms with Gasteiger partial charge in [-0.3, -0.25) is 9.78 Å². The molecule has 404 valence electrons. The Morgan fingerprint density at radius 1 is 0.722 bits per heavy atom. The first-order valence-electron chi connectivity index (χ1n) is 25.9. The fourth-order valence-corrected chi connectivity index (χ4v) is 14.1. The number of hydrogen-bond donors (Lipinski definition) is 7. The number of aliphatic hydroxyl groups excluding tert-OH is 4. The van der Waals surface area contributed by atoms with Crippen molar-refractivity contribution in [3.8, 4) is 0 Å². The number of rotatable bonds is 12. The number of pyridine rings is 1. The summed E-state index contributed by atoms with van der Waals surface area (Å²) < 4.78 is 61.2. The molecule has 5 heterocycles. The van der Waals surface area contributed by atoms with Gasteiger partial charge in [0.1, 0.15) is 47.3 Å². The van der Waals surface area contributed by atoms with E-state index in [0.717, 1.165) is 5.57 Å². The van der Waals surface area contributed by atoms with E-state index in [4.69, 9.17) is 47.4 Å². The monoisotopic (exact) mass is 1020 g/mol. The van der Waals surface area contributed by atoms with E-state index in [9.17, 15) is 45.3 Å². The molecule has 0 amide bonds. The van der Waals surface area contributed by atoms with Crippen molar-refractivity contribution in [3.05, 3.63) is 41.7 Å². The van der Waals surface area contributed by atoms with Crippen molar-refractivity contribution < 1.29 is 92.7 Å². The molecule has 24 unspecified atom stereocenters. The van der Waals surface area contributed by atoms with Crippen molar-refractivity contribution in [1.29, 1.82) is 0 Å². The molecule has 24 atom stereocenters. The number of nitrogens with zero attached hydrogens (tertiary/aromatic N) is 1. The van der Waals surface area contributed by atoms with Gasteiger partial charge in [0.15, 0.2) is 30.9 Å². The Kier molecular flexibility index (Phi) is 15.4. The van der Waals surface area contributed by atoms with Gasteiger partial charge in [0.05, 0.1) is 65.9 Å². The third-order valence-corrected chi connectivity index (χ3v) is 18.4. The predicted octanol–water partition coefficient (Wildman–Crippen LogP) is 2.27. The van der Waals surface area contributed by atoms with Crippen molar-refractivity contribution in [2.24, 2.45) is 16.7 Å². The summed E-state index contributed by atoms with van der Waals surface area (Å²) >= 11 is 0. The Hall–Kier alpha value is -2.61. The molecular formula is C52H77NO19. The molecule has 1 aromatic rings. The number of Topliss-reactive ketones (excluding diaryl/α,β-unsaturated/α-hetero) is 1. The van der Waals surface area contributed by atoms with Crippen LogP contribution < -0.4 is 0 Å². The number of aliphatic hydroxyl groups is 7. The third kappa shape index (κ3) is 9.23. The molecule has 4 aliphatic heterocycles. The summed E-state index contributed by atoms with van der Waals surface area (Å²) in [5, 5.41) is 82.1. The molecule has 0 bridgehead atoms. The Morgan fingerprint density at radius 2 is 1.26 bits per heavy atom. The molecule has 8 aliphatic rings. The minimum absolute atomic E-state index is 0.0269. The minimum atomic E-state index is -2.07. The first kappa shape index (κ1) is 54.2. The average molecular weight is 1020 g/mol. The van der Waals surface area contributed by atoms with Crippen LogP contribution in [0.1, 0.15) is 129 Å². The topological polar surface area (TPSA) is 281 Å². The highest BCUT2D eigenvalue weighted by Crippen LogP contribution is 2.71. The van der Waals surface area contributed by atoms with Crippen LogP contribution in [0.25, 0.3) is 0 Å². The fourth-order valence-electron chi connectivity index (χ4n) is 14.1. The highest BCUT2D eigenvalue weighted by molar-refractivity contribution is 5.90. The number of ketones is 1. The lowest BCUT2D eigenvalue weighted by atomic mass is 9.42. The van der Waals surface area contributed by atoms with Crippen LogP contribution in [0.15, 0.2) is 36.2 Å². The van der Waals surface area contributed by atoms with Crippen molar-refractivity contribution in [1.82, 2.24) is 4.98 Å². The maximum absolute atomic E-state index is 13.6. The smallest absolute Gasteiger partial charge is 0.339 e. The van der Waals surface area contributed by atoms with E-state index in [1.165, 1.54) is 26.4 Å². The zero-order valence-corrected chi connectivity index (χ0v) is 42.6. The van der Waals surface area contributed by atoms with Gasteiger partial charge in [-0.25, -0.2) is 4.79 Å². The van der Waals surface area contributed by atoms with Crippen molar-refractivity contribution >= 4 is 11.8 Å². The Labute approximate surface area is 420 Å². The van der Waals surface area contributed by atoms with Gasteiger partial charge < -0.3 is 83.1 Å². The lowest BCUT2D eigenvalue weighted by molar-refractivity contribution is -0.344. The molecule has 9 rings (SSSR count). The summed E-state index contributed by atoms with van der Waals surface area (Å²) in [4.78, 5) is 30.9. The summed E-state index contributed by atoms with van der Waals surface area (Å²) in [6.07, 6.45) is -7.05. The highest BCUT2D eigenvalue weighted by Gasteiger charge is 2.81. The van der Waals surface area contributed by atoms with E-state index in [0.29, 0.717) is 19.3 Å². The van der Waals surface area contributed by atoms with Gasteiger partial charge >= 0.3 is 5.97 Å². The first-order valence-corrected chi connectivity index (χ1v) is 25.9. The summed E-state index contributed by atoms with van der Waals surface area (Å²) in [6.45, 7) is 11.9. The van der Waals surface area contributed by atoms with Gasteiger partial charge in [-0.1, -0.05) is 18.6 Å². The summed E-state index contributed by atoms with van der Waals surface area (Å²) in [6, 6.07) is 3.16. The zero-order valence-electron chi connectivity index (χ0n) is 42.6. The van der Waals surface area contributed by atoms with Gasteiger partial charge in [-0.15, -0.1) is 0 Å². The zero-order chi connectivity index (χ0) is 51.9. The number of ether oxygens (including phenoxy) is 10. The van der Waals surface area contributed by atoms with E-state index >= 15 is 0 Å². The highest BCUT2D eigenvalue weighted by atomic mass is 16.8. The summed E-state index contributed by atoms with van der Waals surface area (Å²) in [7, 11) is 1.51. The molecular weight excluding hydrogens is 943 g/mol. The lowest BCUT2D eigenvalue weighted by Crippen LogP contribution is -2.78. The van der Waals surface area contributed by atoms with Gasteiger partial charge in [-0.05, 0) is 104 Å². The first-order chi connectivity index (χ1) is 34.0. The second-order valence-electron chi connectivity index (χ2n) is 22.5. The quantitative estimate of drug-likeness (QED) is 0.117. The van der Waals surface area contributed by atoms with Gasteiger partial charge in [-0.2, -0.15) is 0 Å². The third-order valence-electron chi connectivity index (χ3n) is 18.4. The van der Waals surface area contributed by atoms with Crippen molar-refractivity contribution in [3.63, 3.8) is 0 Å². The van der Waals surface area contributed by atoms with E-state index in [-0.39, 0.29) is 63.0 Å². The second kappa shape index (κ2) is 20.4. The molecule has 0 spiro atoms. The number of carbonyl (C=O) groups is 2. The molecule has 4 saturated heterocycles. The van der Waals surface area contributed by atoms with E-state index in [2.05, 4.69) is 4.98 Å². The number of methoxy groups -OCH3 is 1. The molecule has 0 radical (unpaired) electrons. The van der Waals surface area contributed by atoms with Crippen LogP contribution in [-0.2, 0) is 52.2 Å². The Bertz CT molecular complexity index is 2100. The van der Waals surface area contributed by atoms with Crippen LogP contribution in [0.3, 0.4) is 0 Å². The van der Waals surface area contributed by atoms with Crippen LogP contribution in [0.5, 0.6) is 0 Å². The normalized spacial score (nSPS) is 50.5. The van der Waals surface area contributed by atoms with Crippen LogP contribution in [0.2, 0.25) is 0 Å². The fraction of sp³-hybridized carbons (Fsp3) is 0.827. The van der Waals surface area contributed by atoms with Gasteiger partial charge in [0, 0.05) is 51.1 Å². The van der Waals surface area contributed by atoms with Crippen LogP contribution in [0, 0.1) is 16.7 Å².